The van der Waals surface area contributed by atoms with E-state index in [2.05, 4.69) is 13.1 Å². The van der Waals surface area contributed by atoms with Gasteiger partial charge in [-0.25, -0.2) is 0 Å². The van der Waals surface area contributed by atoms with E-state index in [1.54, 1.807) is 0 Å². The summed E-state index contributed by atoms with van der Waals surface area (Å²) in [7, 11) is -0.372. The molecule has 0 bridgehead atoms. The zero-order chi connectivity index (χ0) is 4.28. The summed E-state index contributed by atoms with van der Waals surface area (Å²) in [5.74, 6) is 0. The Morgan fingerprint density at radius 1 is 1.60 bits per heavy atom. The van der Waals surface area contributed by atoms with E-state index < -0.39 is 0 Å². The molecule has 0 radical (unpaired) electrons. The smallest absolute Gasteiger partial charge is 0.0462 e. The van der Waals surface area contributed by atoms with E-state index in [1.165, 1.54) is 0 Å². The highest BCUT2D eigenvalue weighted by Gasteiger charge is 1.83. The van der Waals surface area contributed by atoms with Crippen LogP contribution in [-0.4, -0.2) is 15.0 Å². The van der Waals surface area contributed by atoms with Gasteiger partial charge in [0.2, 0.25) is 0 Å². The molecule has 0 rings (SSSR count). The summed E-state index contributed by atoms with van der Waals surface area (Å²) in [6.45, 7) is 4.47. The van der Waals surface area contributed by atoms with Crippen LogP contribution in [0.25, 0.3) is 0 Å². The third kappa shape index (κ3) is 4.18. The molecule has 2 N–H and O–H groups in total. The van der Waals surface area contributed by atoms with Gasteiger partial charge in [-0.05, 0) is 6.17 Å². The van der Waals surface area contributed by atoms with Gasteiger partial charge in [-0.3, -0.25) is 0 Å². The average Bonchev–Trinajstić information content (AvgIpc) is 1.38. The first-order valence-corrected chi connectivity index (χ1v) is 5.10. The molecular formula is C3H11NSi. The predicted octanol–water partition coefficient (Wildman–Crippen LogP) is -0.0290. The minimum Gasteiger partial charge on any atom is -0.333 e. The van der Waals surface area contributed by atoms with Crippen LogP contribution < -0.4 is 5.73 Å². The fourth-order valence-electron chi connectivity index (χ4n) is 0. The van der Waals surface area contributed by atoms with Crippen molar-refractivity contribution in [1.29, 1.82) is 0 Å². The first-order chi connectivity index (χ1) is 2.27. The Morgan fingerprint density at radius 3 is 1.80 bits per heavy atom. The molecule has 0 heterocycles. The number of hydrogen-bond acceptors (Lipinski definition) is 1. The second kappa shape index (κ2) is 2.42. The van der Waals surface area contributed by atoms with Crippen molar-refractivity contribution in [3.05, 3.63) is 0 Å². The number of hydrogen-bond donors (Lipinski definition) is 1. The highest BCUT2D eigenvalue weighted by Crippen LogP contribution is 1.67. The molecule has 0 aliphatic heterocycles. The van der Waals surface area contributed by atoms with Crippen molar-refractivity contribution in [3.8, 4) is 0 Å². The second-order valence-corrected chi connectivity index (χ2v) is 4.89. The molecule has 2 heteroatoms. The van der Waals surface area contributed by atoms with Gasteiger partial charge in [0.05, 0.1) is 0 Å². The molecule has 0 aliphatic rings. The first-order valence-electron chi connectivity index (χ1n) is 1.97. The number of rotatable bonds is 1. The zero-order valence-electron chi connectivity index (χ0n) is 3.86. The fraction of sp³-hybridized carbons (Fsp3) is 1.00. The summed E-state index contributed by atoms with van der Waals surface area (Å²) < 4.78 is 0. The van der Waals surface area contributed by atoms with Crippen LogP contribution in [0.1, 0.15) is 0 Å². The van der Waals surface area contributed by atoms with Gasteiger partial charge in [-0.2, -0.15) is 0 Å². The van der Waals surface area contributed by atoms with Crippen molar-refractivity contribution in [2.45, 2.75) is 13.1 Å². The molecule has 0 saturated heterocycles. The Balaban J connectivity index is 2.54. The van der Waals surface area contributed by atoms with Gasteiger partial charge in [0.25, 0.3) is 0 Å². The van der Waals surface area contributed by atoms with Gasteiger partial charge in [-0.15, -0.1) is 0 Å². The van der Waals surface area contributed by atoms with Crippen LogP contribution >= 0.6 is 0 Å². The molecule has 0 aromatic rings. The first kappa shape index (κ1) is 5.18. The lowest BCUT2D eigenvalue weighted by atomic mass is 11.5. The van der Waals surface area contributed by atoms with Crippen LogP contribution in [0.5, 0.6) is 0 Å². The minimum atomic E-state index is -0.372. The molecule has 5 heavy (non-hydrogen) atoms. The third-order valence-corrected chi connectivity index (χ3v) is 1.41. The molecule has 0 aromatic heterocycles. The van der Waals surface area contributed by atoms with Crippen LogP contribution in [-0.2, 0) is 0 Å². The molecule has 0 aromatic carbocycles. The molecule has 0 aliphatic carbocycles. The average molecular weight is 89.2 g/mol. The van der Waals surface area contributed by atoms with Crippen LogP contribution in [0.2, 0.25) is 13.1 Å². The van der Waals surface area contributed by atoms with E-state index in [1.807, 2.05) is 0 Å². The maximum absolute atomic E-state index is 5.23. The molecule has 0 atom stereocenters. The summed E-state index contributed by atoms with van der Waals surface area (Å²) in [4.78, 5) is 0. The van der Waals surface area contributed by atoms with Crippen molar-refractivity contribution in [2.75, 3.05) is 6.17 Å². The van der Waals surface area contributed by atoms with E-state index in [9.17, 15) is 0 Å². The molecule has 0 saturated carbocycles. The van der Waals surface area contributed by atoms with Crippen molar-refractivity contribution in [3.63, 3.8) is 0 Å². The van der Waals surface area contributed by atoms with E-state index in [0.29, 0.717) is 0 Å². The van der Waals surface area contributed by atoms with Crippen molar-refractivity contribution in [1.82, 2.24) is 0 Å². The molecule has 0 fully saturated rings. The maximum atomic E-state index is 5.23. The van der Waals surface area contributed by atoms with Gasteiger partial charge in [0.1, 0.15) is 0 Å². The van der Waals surface area contributed by atoms with Crippen LogP contribution in [0, 0.1) is 0 Å². The van der Waals surface area contributed by atoms with Crippen LogP contribution in [0.4, 0.5) is 0 Å². The summed E-state index contributed by atoms with van der Waals surface area (Å²) >= 11 is 0. The van der Waals surface area contributed by atoms with Crippen LogP contribution in [0.3, 0.4) is 0 Å². The standard InChI is InChI=1S/C3H11NSi/c1-5(2)3-4/h5H,3-4H2,1-2H3. The fourth-order valence-corrected chi connectivity index (χ4v) is 0. The summed E-state index contributed by atoms with van der Waals surface area (Å²) in [6.07, 6.45) is 0.944. The topological polar surface area (TPSA) is 26.0 Å². The lowest BCUT2D eigenvalue weighted by Gasteiger charge is -1.88. The zero-order valence-corrected chi connectivity index (χ0v) is 5.02. The summed E-state index contributed by atoms with van der Waals surface area (Å²) in [5, 5.41) is 0. The Bertz CT molecular complexity index is 20.9. The van der Waals surface area contributed by atoms with Crippen molar-refractivity contribution >= 4 is 8.80 Å². The van der Waals surface area contributed by atoms with E-state index in [-0.39, 0.29) is 8.80 Å². The monoisotopic (exact) mass is 89.1 g/mol. The van der Waals surface area contributed by atoms with E-state index in [0.717, 1.165) is 6.17 Å². The molecule has 32 valence electrons. The molecular weight excluding hydrogens is 78.1 g/mol. The van der Waals surface area contributed by atoms with Gasteiger partial charge in [0.15, 0.2) is 0 Å². The largest absolute Gasteiger partial charge is 0.333 e. The van der Waals surface area contributed by atoms with Gasteiger partial charge >= 0.3 is 0 Å². The SMILES string of the molecule is C[SiH](C)CN. The highest BCUT2D eigenvalue weighted by atomic mass is 28.3. The summed E-state index contributed by atoms with van der Waals surface area (Å²) in [6, 6.07) is 0. The van der Waals surface area contributed by atoms with Gasteiger partial charge in [0, 0.05) is 8.80 Å². The van der Waals surface area contributed by atoms with Gasteiger partial charge in [-0.1, -0.05) is 13.1 Å². The number of nitrogens with two attached hydrogens (primary N) is 1. The lowest BCUT2D eigenvalue weighted by molar-refractivity contribution is 1.34. The maximum Gasteiger partial charge on any atom is 0.0462 e. The van der Waals surface area contributed by atoms with Crippen LogP contribution in [0.15, 0.2) is 0 Å². The second-order valence-electron chi connectivity index (χ2n) is 1.63. The Hall–Kier alpha value is 0.177. The van der Waals surface area contributed by atoms with E-state index in [4.69, 9.17) is 5.73 Å². The van der Waals surface area contributed by atoms with E-state index >= 15 is 0 Å². The lowest BCUT2D eigenvalue weighted by Crippen LogP contribution is -2.16. The summed E-state index contributed by atoms with van der Waals surface area (Å²) in [5.41, 5.74) is 5.23. The molecule has 1 nitrogen and oxygen atoms in total. The highest BCUT2D eigenvalue weighted by molar-refractivity contribution is 6.55. The minimum absolute atomic E-state index is 0.372. The normalized spacial score (nSPS) is 9.60. The molecule has 0 unspecified atom stereocenters. The van der Waals surface area contributed by atoms with Crippen molar-refractivity contribution in [2.24, 2.45) is 5.73 Å². The quantitative estimate of drug-likeness (QED) is 0.449. The van der Waals surface area contributed by atoms with Crippen molar-refractivity contribution < 1.29 is 0 Å². The predicted molar refractivity (Wildman–Crippen MR) is 27.9 cm³/mol. The third-order valence-electron chi connectivity index (χ3n) is 0.471. The van der Waals surface area contributed by atoms with Gasteiger partial charge < -0.3 is 5.73 Å². The Labute approximate surface area is 34.8 Å². The Kier molecular flexibility index (Phi) is 2.50. The molecule has 0 amide bonds. The molecule has 0 spiro atoms. The Morgan fingerprint density at radius 2 is 1.80 bits per heavy atom.